The Labute approximate surface area is 115 Å². The van der Waals surface area contributed by atoms with Gasteiger partial charge in [0.25, 0.3) is 0 Å². The van der Waals surface area contributed by atoms with Gasteiger partial charge in [0.05, 0.1) is 17.8 Å². The van der Waals surface area contributed by atoms with Crippen LogP contribution in [0.1, 0.15) is 23.9 Å². The summed E-state index contributed by atoms with van der Waals surface area (Å²) in [6, 6.07) is 8.00. The highest BCUT2D eigenvalue weighted by molar-refractivity contribution is 7.80. The summed E-state index contributed by atoms with van der Waals surface area (Å²) < 4.78 is 1.98. The van der Waals surface area contributed by atoms with Crippen LogP contribution in [0.5, 0.6) is 0 Å². The first-order valence-electron chi connectivity index (χ1n) is 6.24. The Balaban J connectivity index is 1.99. The summed E-state index contributed by atoms with van der Waals surface area (Å²) in [7, 11) is 0. The summed E-state index contributed by atoms with van der Waals surface area (Å²) >= 11 is 5.60. The summed E-state index contributed by atoms with van der Waals surface area (Å²) in [6.45, 7) is 0.560. The predicted molar refractivity (Wildman–Crippen MR) is 73.1 cm³/mol. The Hall–Kier alpha value is -1.79. The van der Waals surface area contributed by atoms with Crippen LogP contribution < -0.4 is 0 Å². The van der Waals surface area contributed by atoms with Gasteiger partial charge in [-0.05, 0) is 12.1 Å². The monoisotopic (exact) mass is 272 g/mol. The van der Waals surface area contributed by atoms with Crippen LogP contribution in [0.3, 0.4) is 0 Å². The fraction of sp³-hybridized carbons (Fsp3) is 0.308. The fourth-order valence-electron chi connectivity index (χ4n) is 2.96. The first-order valence-corrected chi connectivity index (χ1v) is 6.65. The second-order valence-electron chi connectivity index (χ2n) is 4.94. The Kier molecular flexibility index (Phi) is 2.24. The molecule has 2 aliphatic heterocycles. The van der Waals surface area contributed by atoms with E-state index in [2.05, 4.69) is 15.1 Å². The summed E-state index contributed by atoms with van der Waals surface area (Å²) in [5.41, 5.74) is 2.01. The van der Waals surface area contributed by atoms with Crippen molar-refractivity contribution in [1.29, 1.82) is 0 Å². The minimum Gasteiger partial charge on any atom is -0.391 e. The van der Waals surface area contributed by atoms with Crippen LogP contribution in [-0.2, 0) is 0 Å². The first kappa shape index (κ1) is 11.1. The van der Waals surface area contributed by atoms with Crippen LogP contribution >= 0.6 is 12.2 Å². The van der Waals surface area contributed by atoms with Crippen LogP contribution in [0.2, 0.25) is 0 Å². The van der Waals surface area contributed by atoms with Gasteiger partial charge in [-0.25, -0.2) is 0 Å². The van der Waals surface area contributed by atoms with E-state index in [1.165, 1.54) is 0 Å². The molecular formula is C13H12N4OS. The molecule has 0 radical (unpaired) electrons. The molecule has 0 unspecified atom stereocenters. The van der Waals surface area contributed by atoms with Crippen molar-refractivity contribution in [2.24, 2.45) is 0 Å². The van der Waals surface area contributed by atoms with Crippen LogP contribution in [0.15, 0.2) is 30.6 Å². The second kappa shape index (κ2) is 3.85. The molecule has 0 amide bonds. The van der Waals surface area contributed by atoms with E-state index in [1.807, 2.05) is 28.8 Å². The van der Waals surface area contributed by atoms with Crippen molar-refractivity contribution in [3.63, 3.8) is 0 Å². The van der Waals surface area contributed by atoms with Gasteiger partial charge in [0.2, 0.25) is 0 Å². The van der Waals surface area contributed by atoms with Gasteiger partial charge in [-0.2, -0.15) is 0 Å². The number of hydrogen-bond donors (Lipinski definition) is 1. The summed E-state index contributed by atoms with van der Waals surface area (Å²) in [5, 5.41) is 18.2. The van der Waals surface area contributed by atoms with Crippen molar-refractivity contribution in [2.75, 3.05) is 6.54 Å². The number of para-hydroxylation sites is 1. The molecule has 1 saturated heterocycles. The molecule has 4 rings (SSSR count). The molecule has 0 spiro atoms. The quantitative estimate of drug-likeness (QED) is 0.727. The van der Waals surface area contributed by atoms with Gasteiger partial charge < -0.3 is 10.0 Å². The number of thiocarbonyl (C=S) groups is 1. The van der Waals surface area contributed by atoms with Crippen molar-refractivity contribution in [2.45, 2.75) is 18.6 Å². The van der Waals surface area contributed by atoms with Gasteiger partial charge in [-0.1, -0.05) is 24.4 Å². The Morgan fingerprint density at radius 1 is 1.32 bits per heavy atom. The van der Waals surface area contributed by atoms with Crippen molar-refractivity contribution in [3.05, 3.63) is 42.0 Å². The summed E-state index contributed by atoms with van der Waals surface area (Å²) in [4.78, 5) is 2.84. The predicted octanol–water partition coefficient (Wildman–Crippen LogP) is 1.06. The van der Waals surface area contributed by atoms with Gasteiger partial charge >= 0.3 is 0 Å². The zero-order valence-electron chi connectivity index (χ0n) is 10.1. The minimum atomic E-state index is -0.363. The second-order valence-corrected chi connectivity index (χ2v) is 5.33. The number of benzene rings is 1. The number of hydrogen-bond acceptors (Lipinski definition) is 4. The maximum absolute atomic E-state index is 9.92. The Bertz CT molecular complexity index is 668. The molecular weight excluding hydrogens is 260 g/mol. The maximum atomic E-state index is 9.92. The van der Waals surface area contributed by atoms with E-state index < -0.39 is 0 Å². The van der Waals surface area contributed by atoms with Crippen molar-refractivity contribution in [1.82, 2.24) is 19.7 Å². The summed E-state index contributed by atoms with van der Waals surface area (Å²) in [5.74, 6) is 0.851. The summed E-state index contributed by atoms with van der Waals surface area (Å²) in [6.07, 6.45) is 2.00. The van der Waals surface area contributed by atoms with Gasteiger partial charge in [-0.3, -0.25) is 4.57 Å². The lowest BCUT2D eigenvalue weighted by atomic mass is 10.1. The zero-order chi connectivity index (χ0) is 13.0. The lowest BCUT2D eigenvalue weighted by Crippen LogP contribution is -2.30. The van der Waals surface area contributed by atoms with E-state index in [0.717, 1.165) is 22.1 Å². The highest BCUT2D eigenvalue weighted by Gasteiger charge is 2.39. The molecule has 5 nitrogen and oxygen atoms in total. The third-order valence-corrected chi connectivity index (χ3v) is 4.26. The average Bonchev–Trinajstić information content (AvgIpc) is 3.02. The molecule has 2 aliphatic rings. The molecule has 96 valence electrons. The van der Waals surface area contributed by atoms with Gasteiger partial charge in [0.1, 0.15) is 11.3 Å². The highest BCUT2D eigenvalue weighted by Crippen LogP contribution is 2.37. The van der Waals surface area contributed by atoms with E-state index in [-0.39, 0.29) is 12.1 Å². The standard InChI is InChI=1S/C13H12N4OS/c18-8-5-11-12-15-14-7-17(12)10-4-2-1-3-9(10)13(19)16(11)6-8/h1-4,7-8,11,18H,5-6H2/t8-,11+/m1/s1. The van der Waals surface area contributed by atoms with E-state index in [1.54, 1.807) is 6.33 Å². The topological polar surface area (TPSA) is 54.2 Å². The number of aromatic nitrogens is 3. The number of rotatable bonds is 0. The molecule has 3 heterocycles. The molecule has 19 heavy (non-hydrogen) atoms. The SMILES string of the molecule is O[C@@H]1C[C@H]2c3nncn3-c3ccccc3C(=S)N2C1. The Morgan fingerprint density at radius 3 is 3.05 bits per heavy atom. The molecule has 0 bridgehead atoms. The smallest absolute Gasteiger partial charge is 0.160 e. The number of fused-ring (bicyclic) bond motifs is 5. The van der Waals surface area contributed by atoms with Crippen LogP contribution in [0.4, 0.5) is 0 Å². The molecule has 1 aromatic heterocycles. The van der Waals surface area contributed by atoms with Gasteiger partial charge in [0, 0.05) is 18.5 Å². The number of nitrogens with zero attached hydrogens (tertiary/aromatic N) is 4. The van der Waals surface area contributed by atoms with Crippen molar-refractivity contribution >= 4 is 17.2 Å². The first-order chi connectivity index (χ1) is 9.25. The molecule has 1 fully saturated rings. The lowest BCUT2D eigenvalue weighted by Gasteiger charge is -2.23. The molecule has 2 atom stereocenters. The number of aliphatic hydroxyl groups is 1. The van der Waals surface area contributed by atoms with E-state index in [9.17, 15) is 5.11 Å². The molecule has 0 aliphatic carbocycles. The minimum absolute atomic E-state index is 0.0115. The fourth-order valence-corrected chi connectivity index (χ4v) is 3.33. The lowest BCUT2D eigenvalue weighted by molar-refractivity contribution is 0.188. The van der Waals surface area contributed by atoms with Gasteiger partial charge in [0.15, 0.2) is 5.82 Å². The van der Waals surface area contributed by atoms with E-state index >= 15 is 0 Å². The van der Waals surface area contributed by atoms with Crippen LogP contribution in [0.25, 0.3) is 5.69 Å². The third kappa shape index (κ3) is 1.47. The molecule has 2 aromatic rings. The molecule has 6 heteroatoms. The average molecular weight is 272 g/mol. The highest BCUT2D eigenvalue weighted by atomic mass is 32.1. The Morgan fingerprint density at radius 2 is 2.16 bits per heavy atom. The van der Waals surface area contributed by atoms with Crippen molar-refractivity contribution < 1.29 is 5.11 Å². The van der Waals surface area contributed by atoms with Gasteiger partial charge in [-0.15, -0.1) is 10.2 Å². The third-order valence-electron chi connectivity index (χ3n) is 3.81. The van der Waals surface area contributed by atoms with Crippen LogP contribution in [0, 0.1) is 0 Å². The largest absolute Gasteiger partial charge is 0.391 e. The van der Waals surface area contributed by atoms with E-state index in [4.69, 9.17) is 12.2 Å². The molecule has 0 saturated carbocycles. The maximum Gasteiger partial charge on any atom is 0.160 e. The zero-order valence-corrected chi connectivity index (χ0v) is 10.9. The molecule has 1 N–H and O–H groups in total. The van der Waals surface area contributed by atoms with E-state index in [0.29, 0.717) is 13.0 Å². The van der Waals surface area contributed by atoms with Crippen LogP contribution in [-0.4, -0.2) is 42.4 Å². The van der Waals surface area contributed by atoms with Crippen molar-refractivity contribution in [3.8, 4) is 5.69 Å². The number of aliphatic hydroxyl groups excluding tert-OH is 1. The normalized spacial score (nSPS) is 24.7. The molecule has 1 aromatic carbocycles.